The second-order valence-corrected chi connectivity index (χ2v) is 6.11. The minimum Gasteiger partial charge on any atom is -0.296 e. The zero-order valence-corrected chi connectivity index (χ0v) is 13.1. The van der Waals surface area contributed by atoms with E-state index in [2.05, 4.69) is 27.7 Å². The molecule has 1 amide bonds. The highest BCUT2D eigenvalue weighted by atomic mass is 32.1. The van der Waals surface area contributed by atoms with Gasteiger partial charge in [0.05, 0.1) is 17.1 Å². The van der Waals surface area contributed by atoms with Gasteiger partial charge in [-0.15, -0.1) is 11.3 Å². The number of benzene rings is 1. The molecule has 0 aliphatic heterocycles. The van der Waals surface area contributed by atoms with Crippen LogP contribution in [0.5, 0.6) is 0 Å². The largest absolute Gasteiger partial charge is 0.296 e. The average Bonchev–Trinajstić information content (AvgIpc) is 2.86. The van der Waals surface area contributed by atoms with Crippen molar-refractivity contribution >= 4 is 17.2 Å². The monoisotopic (exact) mass is 304 g/mol. The molecule has 2 aromatic rings. The molecule has 0 spiro atoms. The third-order valence-corrected chi connectivity index (χ3v) is 3.99. The molecule has 2 rings (SSSR count). The summed E-state index contributed by atoms with van der Waals surface area (Å²) in [6.45, 7) is 3.57. The Morgan fingerprint density at radius 3 is 2.67 bits per heavy atom. The highest BCUT2D eigenvalue weighted by Gasteiger charge is 2.10. The summed E-state index contributed by atoms with van der Waals surface area (Å²) in [4.78, 5) is 18.1. The Kier molecular flexibility index (Phi) is 5.44. The number of nitrogens with two attached hydrogens (primary N) is 1. The Morgan fingerprint density at radius 1 is 1.33 bits per heavy atom. The average molecular weight is 304 g/mol. The molecule has 21 heavy (non-hydrogen) atoms. The number of amides is 1. The molecule has 0 saturated heterocycles. The summed E-state index contributed by atoms with van der Waals surface area (Å²) in [5, 5.41) is 3.16. The van der Waals surface area contributed by atoms with Crippen LogP contribution in [0.15, 0.2) is 29.6 Å². The van der Waals surface area contributed by atoms with Crippen LogP contribution in [0.1, 0.15) is 21.8 Å². The Morgan fingerprint density at radius 2 is 2.05 bits per heavy atom. The van der Waals surface area contributed by atoms with E-state index in [9.17, 15) is 4.79 Å². The van der Waals surface area contributed by atoms with Gasteiger partial charge < -0.3 is 0 Å². The first-order valence-electron chi connectivity index (χ1n) is 6.74. The van der Waals surface area contributed by atoms with Gasteiger partial charge in [-0.3, -0.25) is 15.1 Å². The molecule has 0 aliphatic rings. The molecule has 0 saturated carbocycles. The van der Waals surface area contributed by atoms with Crippen LogP contribution in [0, 0.1) is 6.92 Å². The van der Waals surface area contributed by atoms with Crippen LogP contribution >= 0.6 is 11.3 Å². The number of hydrogen-bond acceptors (Lipinski definition) is 5. The fraction of sp³-hybridized carbons (Fsp3) is 0.333. The van der Waals surface area contributed by atoms with E-state index < -0.39 is 0 Å². The molecular weight excluding hydrogens is 284 g/mol. The standard InChI is InChI=1S/C15H20N4OS/c1-11-17-14(10-21-11)9-19(2)8-13-6-4-3-5-12(13)7-15(20)18-16/h3-6,10H,7-9,16H2,1-2H3,(H,18,20). The van der Waals surface area contributed by atoms with Gasteiger partial charge >= 0.3 is 0 Å². The van der Waals surface area contributed by atoms with Gasteiger partial charge in [0.15, 0.2) is 0 Å². The van der Waals surface area contributed by atoms with Crippen molar-refractivity contribution in [1.82, 2.24) is 15.3 Å². The summed E-state index contributed by atoms with van der Waals surface area (Å²) in [6, 6.07) is 7.93. The number of carbonyl (C=O) groups excluding carboxylic acids is 1. The lowest BCUT2D eigenvalue weighted by Crippen LogP contribution is -2.31. The first kappa shape index (κ1) is 15.6. The van der Waals surface area contributed by atoms with E-state index in [0.717, 1.165) is 34.9 Å². The predicted molar refractivity (Wildman–Crippen MR) is 84.5 cm³/mol. The molecular formula is C15H20N4OS. The molecule has 1 aromatic carbocycles. The fourth-order valence-electron chi connectivity index (χ4n) is 2.21. The number of thiazole rings is 1. The Hall–Kier alpha value is -1.76. The Balaban J connectivity index is 2.03. The minimum atomic E-state index is -0.180. The van der Waals surface area contributed by atoms with Crippen molar-refractivity contribution in [2.24, 2.45) is 5.84 Å². The molecule has 0 radical (unpaired) electrons. The summed E-state index contributed by atoms with van der Waals surface area (Å²) < 4.78 is 0. The molecule has 1 heterocycles. The number of nitrogens with one attached hydrogen (secondary N) is 1. The molecule has 5 nitrogen and oxygen atoms in total. The Bertz CT molecular complexity index is 611. The lowest BCUT2D eigenvalue weighted by molar-refractivity contribution is -0.120. The smallest absolute Gasteiger partial charge is 0.238 e. The van der Waals surface area contributed by atoms with Gasteiger partial charge in [-0.2, -0.15) is 0 Å². The van der Waals surface area contributed by atoms with Crippen molar-refractivity contribution in [2.45, 2.75) is 26.4 Å². The quantitative estimate of drug-likeness (QED) is 0.483. The first-order valence-corrected chi connectivity index (χ1v) is 7.62. The SMILES string of the molecule is Cc1nc(CN(C)Cc2ccccc2CC(=O)NN)cs1. The maximum Gasteiger partial charge on any atom is 0.238 e. The van der Waals surface area contributed by atoms with Crippen molar-refractivity contribution in [3.8, 4) is 0 Å². The van der Waals surface area contributed by atoms with Crippen LogP contribution in [0.4, 0.5) is 0 Å². The number of aromatic nitrogens is 1. The van der Waals surface area contributed by atoms with Crippen LogP contribution < -0.4 is 11.3 Å². The molecule has 6 heteroatoms. The number of hydrogen-bond donors (Lipinski definition) is 2. The summed E-state index contributed by atoms with van der Waals surface area (Å²) in [5.74, 6) is 4.98. The molecule has 0 atom stereocenters. The summed E-state index contributed by atoms with van der Waals surface area (Å²) >= 11 is 1.66. The van der Waals surface area contributed by atoms with E-state index in [1.807, 2.05) is 31.2 Å². The van der Waals surface area contributed by atoms with Gasteiger partial charge in [0.2, 0.25) is 5.91 Å². The molecule has 3 N–H and O–H groups in total. The third-order valence-electron chi connectivity index (χ3n) is 3.17. The molecule has 0 bridgehead atoms. The van der Waals surface area contributed by atoms with Crippen molar-refractivity contribution in [1.29, 1.82) is 0 Å². The van der Waals surface area contributed by atoms with Crippen LogP contribution in [-0.4, -0.2) is 22.8 Å². The molecule has 0 fully saturated rings. The van der Waals surface area contributed by atoms with E-state index in [-0.39, 0.29) is 5.91 Å². The molecule has 1 aromatic heterocycles. The van der Waals surface area contributed by atoms with Crippen molar-refractivity contribution < 1.29 is 4.79 Å². The van der Waals surface area contributed by atoms with E-state index in [1.165, 1.54) is 0 Å². The normalized spacial score (nSPS) is 10.9. The van der Waals surface area contributed by atoms with E-state index >= 15 is 0 Å². The van der Waals surface area contributed by atoms with Gasteiger partial charge in [-0.1, -0.05) is 24.3 Å². The van der Waals surface area contributed by atoms with E-state index in [0.29, 0.717) is 6.42 Å². The first-order chi connectivity index (χ1) is 10.1. The van der Waals surface area contributed by atoms with Crippen LogP contribution in [-0.2, 0) is 24.3 Å². The van der Waals surface area contributed by atoms with Crippen LogP contribution in [0.25, 0.3) is 0 Å². The summed E-state index contributed by atoms with van der Waals surface area (Å²) in [5.41, 5.74) is 5.39. The van der Waals surface area contributed by atoms with Gasteiger partial charge in [-0.25, -0.2) is 10.8 Å². The predicted octanol–water partition coefficient (Wildman–Crippen LogP) is 1.62. The van der Waals surface area contributed by atoms with E-state index in [4.69, 9.17) is 5.84 Å². The van der Waals surface area contributed by atoms with Gasteiger partial charge in [-0.05, 0) is 25.1 Å². The summed E-state index contributed by atoms with van der Waals surface area (Å²) in [6.07, 6.45) is 0.302. The fourth-order valence-corrected chi connectivity index (χ4v) is 2.82. The number of hydrazine groups is 1. The second-order valence-electron chi connectivity index (χ2n) is 5.04. The zero-order valence-electron chi connectivity index (χ0n) is 12.3. The number of aryl methyl sites for hydroxylation is 1. The second kappa shape index (κ2) is 7.31. The lowest BCUT2D eigenvalue weighted by atomic mass is 10.0. The molecule has 0 aliphatic carbocycles. The topological polar surface area (TPSA) is 71.2 Å². The maximum absolute atomic E-state index is 11.5. The number of rotatable bonds is 6. The minimum absolute atomic E-state index is 0.180. The highest BCUT2D eigenvalue weighted by molar-refractivity contribution is 7.09. The number of nitrogens with zero attached hydrogens (tertiary/aromatic N) is 2. The van der Waals surface area contributed by atoms with Crippen molar-refractivity contribution in [3.63, 3.8) is 0 Å². The summed E-state index contributed by atoms with van der Waals surface area (Å²) in [7, 11) is 2.05. The van der Waals surface area contributed by atoms with Gasteiger partial charge in [0.25, 0.3) is 0 Å². The molecule has 0 unspecified atom stereocenters. The zero-order chi connectivity index (χ0) is 15.2. The molecule has 112 valence electrons. The lowest BCUT2D eigenvalue weighted by Gasteiger charge is -2.17. The third kappa shape index (κ3) is 4.63. The van der Waals surface area contributed by atoms with Crippen molar-refractivity contribution in [2.75, 3.05) is 7.05 Å². The van der Waals surface area contributed by atoms with Gasteiger partial charge in [0.1, 0.15) is 0 Å². The Labute approximate surface area is 128 Å². The maximum atomic E-state index is 11.5. The van der Waals surface area contributed by atoms with E-state index in [1.54, 1.807) is 11.3 Å². The van der Waals surface area contributed by atoms with Crippen LogP contribution in [0.2, 0.25) is 0 Å². The highest BCUT2D eigenvalue weighted by Crippen LogP contribution is 2.15. The number of carbonyl (C=O) groups is 1. The van der Waals surface area contributed by atoms with Crippen LogP contribution in [0.3, 0.4) is 0 Å². The van der Waals surface area contributed by atoms with Gasteiger partial charge in [0, 0.05) is 18.5 Å². The van der Waals surface area contributed by atoms with Crippen molar-refractivity contribution in [3.05, 3.63) is 51.5 Å².